The first-order valence-electron chi connectivity index (χ1n) is 5.47. The zero-order valence-electron chi connectivity index (χ0n) is 9.48. The topological polar surface area (TPSA) is 20.2 Å². The van der Waals surface area contributed by atoms with Crippen molar-refractivity contribution in [3.63, 3.8) is 0 Å². The van der Waals surface area contributed by atoms with Gasteiger partial charge in [-0.2, -0.15) is 0 Å². The summed E-state index contributed by atoms with van der Waals surface area (Å²) in [7, 11) is 0. The Hall–Kier alpha value is -1.60. The summed E-state index contributed by atoms with van der Waals surface area (Å²) in [6.07, 6.45) is 2.31. The summed E-state index contributed by atoms with van der Waals surface area (Å²) in [5, 5.41) is 12.7. The van der Waals surface area contributed by atoms with Crippen molar-refractivity contribution in [3.8, 4) is 0 Å². The van der Waals surface area contributed by atoms with Gasteiger partial charge in [0.25, 0.3) is 0 Å². The summed E-state index contributed by atoms with van der Waals surface area (Å²) in [6.45, 7) is 5.52. The molecule has 0 spiro atoms. The van der Waals surface area contributed by atoms with Crippen molar-refractivity contribution >= 4 is 10.8 Å². The number of hydrogen-bond acceptors (Lipinski definition) is 1. The molecule has 0 saturated heterocycles. The van der Waals surface area contributed by atoms with Crippen molar-refractivity contribution in [2.24, 2.45) is 0 Å². The number of rotatable bonds is 3. The Morgan fingerprint density at radius 2 is 1.88 bits per heavy atom. The Kier molecular flexibility index (Phi) is 2.80. The maximum atomic E-state index is 10.4. The molecule has 0 aliphatic carbocycles. The van der Waals surface area contributed by atoms with Gasteiger partial charge in [-0.1, -0.05) is 48.5 Å². The normalized spacial score (nSPS) is 14.6. The lowest BCUT2D eigenvalue weighted by Crippen LogP contribution is -2.20. The molecule has 1 atom stereocenters. The van der Waals surface area contributed by atoms with E-state index in [0.29, 0.717) is 6.42 Å². The summed E-state index contributed by atoms with van der Waals surface area (Å²) in [6, 6.07) is 14.1. The molecule has 0 saturated carbocycles. The predicted octanol–water partition coefficient (Wildman–Crippen LogP) is 3.62. The van der Waals surface area contributed by atoms with E-state index in [1.165, 1.54) is 0 Å². The van der Waals surface area contributed by atoms with Gasteiger partial charge in [0.15, 0.2) is 0 Å². The molecular formula is C15H16O. The van der Waals surface area contributed by atoms with Crippen LogP contribution in [0, 0.1) is 0 Å². The van der Waals surface area contributed by atoms with Crippen LogP contribution in [0.25, 0.3) is 10.8 Å². The van der Waals surface area contributed by atoms with Gasteiger partial charge in [-0.3, -0.25) is 0 Å². The van der Waals surface area contributed by atoms with E-state index in [0.717, 1.165) is 16.3 Å². The lowest BCUT2D eigenvalue weighted by atomic mass is 9.88. The third kappa shape index (κ3) is 1.86. The first kappa shape index (κ1) is 10.9. The van der Waals surface area contributed by atoms with Gasteiger partial charge < -0.3 is 5.11 Å². The first-order chi connectivity index (χ1) is 7.65. The van der Waals surface area contributed by atoms with Gasteiger partial charge in [0, 0.05) is 0 Å². The zero-order valence-corrected chi connectivity index (χ0v) is 9.48. The Bertz CT molecular complexity index is 506. The minimum Gasteiger partial charge on any atom is -0.385 e. The summed E-state index contributed by atoms with van der Waals surface area (Å²) >= 11 is 0. The smallest absolute Gasteiger partial charge is 0.0908 e. The van der Waals surface area contributed by atoms with Gasteiger partial charge in [-0.05, 0) is 29.7 Å². The second-order valence-electron chi connectivity index (χ2n) is 4.29. The van der Waals surface area contributed by atoms with Gasteiger partial charge in [-0.15, -0.1) is 6.58 Å². The van der Waals surface area contributed by atoms with Crippen LogP contribution in [0.1, 0.15) is 18.9 Å². The molecule has 2 aromatic carbocycles. The highest BCUT2D eigenvalue weighted by atomic mass is 16.3. The highest BCUT2D eigenvalue weighted by Gasteiger charge is 2.22. The van der Waals surface area contributed by atoms with Crippen molar-refractivity contribution in [2.45, 2.75) is 18.9 Å². The highest BCUT2D eigenvalue weighted by molar-refractivity contribution is 5.86. The Morgan fingerprint density at radius 1 is 1.19 bits per heavy atom. The SMILES string of the molecule is C=CCC(C)(O)c1cccc2ccccc12. The van der Waals surface area contributed by atoms with Crippen LogP contribution in [0.3, 0.4) is 0 Å². The molecule has 2 aromatic rings. The van der Waals surface area contributed by atoms with Gasteiger partial charge in [0.1, 0.15) is 0 Å². The van der Waals surface area contributed by atoms with Crippen LogP contribution in [-0.2, 0) is 5.60 Å². The second-order valence-corrected chi connectivity index (χ2v) is 4.29. The Balaban J connectivity index is 2.64. The fourth-order valence-electron chi connectivity index (χ4n) is 2.09. The van der Waals surface area contributed by atoms with E-state index in [-0.39, 0.29) is 0 Å². The van der Waals surface area contributed by atoms with Gasteiger partial charge >= 0.3 is 0 Å². The van der Waals surface area contributed by atoms with E-state index < -0.39 is 5.60 Å². The summed E-state index contributed by atoms with van der Waals surface area (Å²) in [5.74, 6) is 0. The molecular weight excluding hydrogens is 196 g/mol. The average Bonchev–Trinajstić information content (AvgIpc) is 2.28. The molecule has 0 aromatic heterocycles. The maximum absolute atomic E-state index is 10.4. The molecule has 0 heterocycles. The molecule has 0 radical (unpaired) electrons. The van der Waals surface area contributed by atoms with Crippen LogP contribution in [0.15, 0.2) is 55.1 Å². The molecule has 0 aliphatic rings. The lowest BCUT2D eigenvalue weighted by Gasteiger charge is -2.23. The average molecular weight is 212 g/mol. The van der Waals surface area contributed by atoms with Crippen LogP contribution < -0.4 is 0 Å². The van der Waals surface area contributed by atoms with E-state index in [1.54, 1.807) is 6.08 Å². The molecule has 16 heavy (non-hydrogen) atoms. The minimum atomic E-state index is -0.845. The molecule has 2 rings (SSSR count). The minimum absolute atomic E-state index is 0.557. The van der Waals surface area contributed by atoms with E-state index in [9.17, 15) is 5.11 Å². The monoisotopic (exact) mass is 212 g/mol. The summed E-state index contributed by atoms with van der Waals surface area (Å²) in [4.78, 5) is 0. The largest absolute Gasteiger partial charge is 0.385 e. The molecule has 0 bridgehead atoms. The van der Waals surface area contributed by atoms with Crippen molar-refractivity contribution in [2.75, 3.05) is 0 Å². The lowest BCUT2D eigenvalue weighted by molar-refractivity contribution is 0.0622. The van der Waals surface area contributed by atoms with Crippen LogP contribution in [0.4, 0.5) is 0 Å². The molecule has 82 valence electrons. The molecule has 1 heteroatoms. The fraction of sp³-hybridized carbons (Fsp3) is 0.200. The van der Waals surface area contributed by atoms with E-state index in [2.05, 4.69) is 18.7 Å². The van der Waals surface area contributed by atoms with Crippen LogP contribution in [0.2, 0.25) is 0 Å². The van der Waals surface area contributed by atoms with Gasteiger partial charge in [0.2, 0.25) is 0 Å². The number of fused-ring (bicyclic) bond motifs is 1. The molecule has 1 unspecified atom stereocenters. The Morgan fingerprint density at radius 3 is 2.62 bits per heavy atom. The molecule has 0 fully saturated rings. The molecule has 1 N–H and O–H groups in total. The predicted molar refractivity (Wildman–Crippen MR) is 68.3 cm³/mol. The Labute approximate surface area is 96.0 Å². The van der Waals surface area contributed by atoms with E-state index >= 15 is 0 Å². The summed E-state index contributed by atoms with van der Waals surface area (Å²) < 4.78 is 0. The molecule has 1 nitrogen and oxygen atoms in total. The summed E-state index contributed by atoms with van der Waals surface area (Å²) in [5.41, 5.74) is 0.119. The third-order valence-corrected chi connectivity index (χ3v) is 2.91. The van der Waals surface area contributed by atoms with Crippen molar-refractivity contribution in [3.05, 3.63) is 60.7 Å². The fourth-order valence-corrected chi connectivity index (χ4v) is 2.09. The molecule has 0 aliphatic heterocycles. The maximum Gasteiger partial charge on any atom is 0.0908 e. The van der Waals surface area contributed by atoms with Crippen LogP contribution in [0.5, 0.6) is 0 Å². The van der Waals surface area contributed by atoms with E-state index in [1.807, 2.05) is 37.3 Å². The van der Waals surface area contributed by atoms with Crippen LogP contribution in [-0.4, -0.2) is 5.11 Å². The highest BCUT2D eigenvalue weighted by Crippen LogP contribution is 2.31. The van der Waals surface area contributed by atoms with Crippen molar-refractivity contribution in [1.82, 2.24) is 0 Å². The zero-order chi connectivity index (χ0) is 11.6. The number of benzene rings is 2. The number of hydrogen-bond donors (Lipinski definition) is 1. The quantitative estimate of drug-likeness (QED) is 0.770. The van der Waals surface area contributed by atoms with Crippen molar-refractivity contribution < 1.29 is 5.11 Å². The molecule has 0 amide bonds. The first-order valence-corrected chi connectivity index (χ1v) is 5.47. The van der Waals surface area contributed by atoms with Crippen LogP contribution >= 0.6 is 0 Å². The second kappa shape index (κ2) is 4.11. The number of aliphatic hydroxyl groups is 1. The standard InChI is InChI=1S/C15H16O/c1-3-11-15(2,16)14-10-6-8-12-7-4-5-9-13(12)14/h3-10,16H,1,11H2,2H3. The van der Waals surface area contributed by atoms with Gasteiger partial charge in [-0.25, -0.2) is 0 Å². The van der Waals surface area contributed by atoms with Crippen molar-refractivity contribution in [1.29, 1.82) is 0 Å². The third-order valence-electron chi connectivity index (χ3n) is 2.91. The van der Waals surface area contributed by atoms with Gasteiger partial charge in [0.05, 0.1) is 5.60 Å². The van der Waals surface area contributed by atoms with E-state index in [4.69, 9.17) is 0 Å².